The summed E-state index contributed by atoms with van der Waals surface area (Å²) in [6.45, 7) is 0. The van der Waals surface area contributed by atoms with Crippen LogP contribution < -0.4 is 0 Å². The van der Waals surface area contributed by atoms with Crippen molar-refractivity contribution < 1.29 is 4.39 Å². The second-order valence-electron chi connectivity index (χ2n) is 3.42. The Bertz CT molecular complexity index is 516. The Morgan fingerprint density at radius 1 is 1.29 bits per heavy atom. The van der Waals surface area contributed by atoms with Crippen molar-refractivity contribution in [1.82, 2.24) is 10.2 Å². The van der Waals surface area contributed by atoms with Crippen molar-refractivity contribution in [3.8, 4) is 10.6 Å². The molecule has 0 saturated carbocycles. The molecule has 0 aliphatic carbocycles. The standard InChI is InChI=1S/C11H9Cl2FN2S/c12-5-1-2-10-15-16-11(17-10)7-3-4-8(13)9(14)6-7/h3-4,6H,1-2,5H2. The Kier molecular flexibility index (Phi) is 4.31. The highest BCUT2D eigenvalue weighted by Gasteiger charge is 2.08. The normalized spacial score (nSPS) is 10.8. The third-order valence-corrected chi connectivity index (χ3v) is 3.76. The smallest absolute Gasteiger partial charge is 0.147 e. The Morgan fingerprint density at radius 3 is 2.82 bits per heavy atom. The molecule has 2 rings (SSSR count). The zero-order valence-corrected chi connectivity index (χ0v) is 11.1. The lowest BCUT2D eigenvalue weighted by atomic mass is 10.2. The van der Waals surface area contributed by atoms with E-state index in [2.05, 4.69) is 10.2 Å². The minimum absolute atomic E-state index is 0.112. The summed E-state index contributed by atoms with van der Waals surface area (Å²) in [5.41, 5.74) is 0.696. The fourth-order valence-electron chi connectivity index (χ4n) is 1.32. The van der Waals surface area contributed by atoms with Gasteiger partial charge in [0.1, 0.15) is 15.8 Å². The monoisotopic (exact) mass is 290 g/mol. The molecule has 0 radical (unpaired) electrons. The van der Waals surface area contributed by atoms with Crippen LogP contribution in [0.3, 0.4) is 0 Å². The predicted molar refractivity (Wildman–Crippen MR) is 69.4 cm³/mol. The Morgan fingerprint density at radius 2 is 2.12 bits per heavy atom. The number of aryl methyl sites for hydroxylation is 1. The van der Waals surface area contributed by atoms with E-state index < -0.39 is 5.82 Å². The molecule has 0 aliphatic rings. The number of nitrogens with zero attached hydrogens (tertiary/aromatic N) is 2. The molecule has 1 heterocycles. The topological polar surface area (TPSA) is 25.8 Å². The van der Waals surface area contributed by atoms with Crippen molar-refractivity contribution >= 4 is 34.5 Å². The minimum atomic E-state index is -0.443. The zero-order chi connectivity index (χ0) is 12.3. The van der Waals surface area contributed by atoms with E-state index in [0.717, 1.165) is 17.8 Å². The van der Waals surface area contributed by atoms with E-state index in [1.54, 1.807) is 6.07 Å². The van der Waals surface area contributed by atoms with Gasteiger partial charge in [-0.25, -0.2) is 4.39 Å². The quantitative estimate of drug-likeness (QED) is 0.790. The van der Waals surface area contributed by atoms with Crippen molar-refractivity contribution in [2.45, 2.75) is 12.8 Å². The van der Waals surface area contributed by atoms with E-state index in [9.17, 15) is 4.39 Å². The molecule has 1 aromatic heterocycles. The molecule has 17 heavy (non-hydrogen) atoms. The fourth-order valence-corrected chi connectivity index (χ4v) is 2.45. The van der Waals surface area contributed by atoms with Gasteiger partial charge in [0.15, 0.2) is 0 Å². The molecule has 0 unspecified atom stereocenters. The molecule has 0 spiro atoms. The Hall–Kier alpha value is -0.710. The lowest BCUT2D eigenvalue weighted by molar-refractivity contribution is 0.629. The van der Waals surface area contributed by atoms with E-state index in [-0.39, 0.29) is 5.02 Å². The van der Waals surface area contributed by atoms with E-state index in [4.69, 9.17) is 23.2 Å². The number of rotatable bonds is 4. The highest BCUT2D eigenvalue weighted by Crippen LogP contribution is 2.27. The second-order valence-corrected chi connectivity index (χ2v) is 5.27. The van der Waals surface area contributed by atoms with Crippen LogP contribution in [0, 0.1) is 5.82 Å². The third-order valence-electron chi connectivity index (χ3n) is 2.16. The van der Waals surface area contributed by atoms with Gasteiger partial charge in [0, 0.05) is 17.9 Å². The van der Waals surface area contributed by atoms with Crippen molar-refractivity contribution in [1.29, 1.82) is 0 Å². The van der Waals surface area contributed by atoms with E-state index in [1.165, 1.54) is 23.5 Å². The van der Waals surface area contributed by atoms with Crippen LogP contribution >= 0.6 is 34.5 Å². The maximum atomic E-state index is 13.3. The van der Waals surface area contributed by atoms with Crippen LogP contribution in [0.1, 0.15) is 11.4 Å². The zero-order valence-electron chi connectivity index (χ0n) is 8.79. The Labute approximate surface area is 112 Å². The number of alkyl halides is 1. The summed E-state index contributed by atoms with van der Waals surface area (Å²) in [5.74, 6) is 0.159. The van der Waals surface area contributed by atoms with Crippen LogP contribution in [-0.2, 0) is 6.42 Å². The van der Waals surface area contributed by atoms with Crippen LogP contribution in [0.25, 0.3) is 10.6 Å². The molecule has 1 aromatic carbocycles. The first-order chi connectivity index (χ1) is 8.20. The highest BCUT2D eigenvalue weighted by atomic mass is 35.5. The van der Waals surface area contributed by atoms with Gasteiger partial charge in [-0.15, -0.1) is 21.8 Å². The van der Waals surface area contributed by atoms with Crippen molar-refractivity contribution in [3.05, 3.63) is 34.0 Å². The Balaban J connectivity index is 2.21. The number of aromatic nitrogens is 2. The van der Waals surface area contributed by atoms with Crippen LogP contribution in [0.5, 0.6) is 0 Å². The van der Waals surface area contributed by atoms with Crippen LogP contribution in [-0.4, -0.2) is 16.1 Å². The van der Waals surface area contributed by atoms with Crippen LogP contribution in [0.4, 0.5) is 4.39 Å². The number of hydrogen-bond donors (Lipinski definition) is 0. The lowest BCUT2D eigenvalue weighted by Gasteiger charge is -1.97. The van der Waals surface area contributed by atoms with Gasteiger partial charge >= 0.3 is 0 Å². The SMILES string of the molecule is Fc1cc(-c2nnc(CCCCl)s2)ccc1Cl. The molecule has 0 saturated heterocycles. The van der Waals surface area contributed by atoms with E-state index in [0.29, 0.717) is 16.5 Å². The summed E-state index contributed by atoms with van der Waals surface area (Å²) in [5, 5.41) is 9.79. The van der Waals surface area contributed by atoms with Gasteiger partial charge in [-0.05, 0) is 18.6 Å². The molecule has 6 heteroatoms. The van der Waals surface area contributed by atoms with Gasteiger partial charge in [-0.3, -0.25) is 0 Å². The van der Waals surface area contributed by atoms with Crippen molar-refractivity contribution in [2.75, 3.05) is 5.88 Å². The number of hydrogen-bond acceptors (Lipinski definition) is 3. The first kappa shape index (κ1) is 12.7. The third kappa shape index (κ3) is 3.15. The number of halogens is 3. The second kappa shape index (κ2) is 5.76. The first-order valence-electron chi connectivity index (χ1n) is 5.04. The van der Waals surface area contributed by atoms with Gasteiger partial charge in [0.05, 0.1) is 5.02 Å². The molecule has 90 valence electrons. The molecular formula is C11H9Cl2FN2S. The highest BCUT2D eigenvalue weighted by molar-refractivity contribution is 7.14. The van der Waals surface area contributed by atoms with Gasteiger partial charge in [-0.1, -0.05) is 29.0 Å². The molecule has 2 aromatic rings. The van der Waals surface area contributed by atoms with Gasteiger partial charge in [-0.2, -0.15) is 0 Å². The van der Waals surface area contributed by atoms with Gasteiger partial charge in [0.2, 0.25) is 0 Å². The summed E-state index contributed by atoms with van der Waals surface area (Å²) in [7, 11) is 0. The summed E-state index contributed by atoms with van der Waals surface area (Å²) >= 11 is 12.7. The molecule has 0 fully saturated rings. The van der Waals surface area contributed by atoms with Gasteiger partial charge in [0.25, 0.3) is 0 Å². The summed E-state index contributed by atoms with van der Waals surface area (Å²) in [4.78, 5) is 0. The lowest BCUT2D eigenvalue weighted by Crippen LogP contribution is -1.84. The average Bonchev–Trinajstić information content (AvgIpc) is 2.79. The molecule has 2 nitrogen and oxygen atoms in total. The molecular weight excluding hydrogens is 282 g/mol. The van der Waals surface area contributed by atoms with Crippen LogP contribution in [0.2, 0.25) is 5.02 Å². The molecule has 0 N–H and O–H groups in total. The maximum Gasteiger partial charge on any atom is 0.147 e. The molecule has 0 aliphatic heterocycles. The van der Waals surface area contributed by atoms with E-state index in [1.807, 2.05) is 0 Å². The maximum absolute atomic E-state index is 13.3. The minimum Gasteiger partial charge on any atom is -0.205 e. The van der Waals surface area contributed by atoms with Crippen LogP contribution in [0.15, 0.2) is 18.2 Å². The van der Waals surface area contributed by atoms with Gasteiger partial charge < -0.3 is 0 Å². The molecule has 0 amide bonds. The van der Waals surface area contributed by atoms with Crippen molar-refractivity contribution in [3.63, 3.8) is 0 Å². The average molecular weight is 291 g/mol. The van der Waals surface area contributed by atoms with E-state index >= 15 is 0 Å². The predicted octanol–water partition coefficient (Wildman–Crippen LogP) is 4.17. The van der Waals surface area contributed by atoms with Crippen molar-refractivity contribution in [2.24, 2.45) is 0 Å². The summed E-state index contributed by atoms with van der Waals surface area (Å²) in [6.07, 6.45) is 1.67. The summed E-state index contributed by atoms with van der Waals surface area (Å²) < 4.78 is 13.3. The summed E-state index contributed by atoms with van der Waals surface area (Å²) in [6, 6.07) is 4.62. The fraction of sp³-hybridized carbons (Fsp3) is 0.273. The molecule has 0 atom stereocenters. The first-order valence-corrected chi connectivity index (χ1v) is 6.77. The molecule has 0 bridgehead atoms. The number of benzene rings is 1. The largest absolute Gasteiger partial charge is 0.205 e.